The average Bonchev–Trinajstić information content (AvgIpc) is 2.92. The predicted octanol–water partition coefficient (Wildman–Crippen LogP) is 2.62. The van der Waals surface area contributed by atoms with E-state index in [1.165, 1.54) is 0 Å². The van der Waals surface area contributed by atoms with Crippen molar-refractivity contribution in [1.29, 1.82) is 0 Å². The molecule has 6 heteroatoms. The molecule has 1 N–H and O–H groups in total. The third-order valence-electron chi connectivity index (χ3n) is 5.61. The molecule has 27 heavy (non-hydrogen) atoms. The Balaban J connectivity index is 1.62. The lowest BCUT2D eigenvalue weighted by Crippen LogP contribution is -2.45. The molecular weight excluding hydrogens is 342 g/mol. The van der Waals surface area contributed by atoms with Gasteiger partial charge in [-0.15, -0.1) is 0 Å². The zero-order valence-corrected chi connectivity index (χ0v) is 15.4. The summed E-state index contributed by atoms with van der Waals surface area (Å²) in [7, 11) is 0. The molecule has 0 aromatic heterocycles. The Hall–Kier alpha value is -2.89. The van der Waals surface area contributed by atoms with Gasteiger partial charge in [0.15, 0.2) is 0 Å². The lowest BCUT2D eigenvalue weighted by molar-refractivity contribution is -0.139. The highest BCUT2D eigenvalue weighted by Crippen LogP contribution is 2.33. The maximum absolute atomic E-state index is 13.2. The number of amides is 4. The molecule has 1 atom stereocenters. The normalized spacial score (nSPS) is 23.0. The van der Waals surface area contributed by atoms with Gasteiger partial charge in [-0.05, 0) is 42.5 Å². The molecule has 6 nitrogen and oxygen atoms in total. The Morgan fingerprint density at radius 3 is 2.52 bits per heavy atom. The number of hydrogen-bond acceptors (Lipinski definition) is 3. The van der Waals surface area contributed by atoms with Gasteiger partial charge in [-0.1, -0.05) is 42.5 Å². The number of nitrogens with one attached hydrogen (secondary N) is 1. The molecule has 0 radical (unpaired) electrons. The zero-order chi connectivity index (χ0) is 19.0. The summed E-state index contributed by atoms with van der Waals surface area (Å²) in [6, 6.07) is 13.0. The number of rotatable bonds is 3. The molecule has 2 heterocycles. The number of benzene rings is 2. The van der Waals surface area contributed by atoms with E-state index in [-0.39, 0.29) is 18.4 Å². The Morgan fingerprint density at radius 1 is 1.04 bits per heavy atom. The van der Waals surface area contributed by atoms with E-state index in [2.05, 4.69) is 5.32 Å². The molecule has 140 valence electrons. The fourth-order valence-corrected chi connectivity index (χ4v) is 4.06. The van der Waals surface area contributed by atoms with E-state index in [0.717, 1.165) is 40.5 Å². The minimum atomic E-state index is -1.18. The summed E-state index contributed by atoms with van der Waals surface area (Å²) in [6.07, 6.45) is 3.06. The Labute approximate surface area is 158 Å². The Morgan fingerprint density at radius 2 is 1.74 bits per heavy atom. The van der Waals surface area contributed by atoms with Gasteiger partial charge in [-0.25, -0.2) is 4.79 Å². The van der Waals surface area contributed by atoms with E-state index < -0.39 is 11.6 Å². The van der Waals surface area contributed by atoms with Crippen LogP contribution in [0.5, 0.6) is 0 Å². The SMILES string of the molecule is C[C@@]1(c2cccc3ccccc23)NC(=O)N(CC(=O)N2CCCCC2)C1=O. The van der Waals surface area contributed by atoms with Crippen LogP contribution in [0.1, 0.15) is 31.7 Å². The second-order valence-corrected chi connectivity index (χ2v) is 7.41. The summed E-state index contributed by atoms with van der Waals surface area (Å²) in [6.45, 7) is 2.90. The molecule has 0 unspecified atom stereocenters. The second kappa shape index (κ2) is 6.68. The van der Waals surface area contributed by atoms with Crippen LogP contribution in [-0.4, -0.2) is 47.3 Å². The second-order valence-electron chi connectivity index (χ2n) is 7.41. The maximum Gasteiger partial charge on any atom is 0.325 e. The Bertz CT molecular complexity index is 915. The summed E-state index contributed by atoms with van der Waals surface area (Å²) in [5.41, 5.74) is -0.438. The largest absolute Gasteiger partial charge is 0.341 e. The van der Waals surface area contributed by atoms with E-state index in [4.69, 9.17) is 0 Å². The lowest BCUT2D eigenvalue weighted by Gasteiger charge is -2.28. The van der Waals surface area contributed by atoms with Crippen LogP contribution in [0.2, 0.25) is 0 Å². The zero-order valence-electron chi connectivity index (χ0n) is 15.4. The van der Waals surface area contributed by atoms with Gasteiger partial charge >= 0.3 is 6.03 Å². The van der Waals surface area contributed by atoms with Crippen molar-refractivity contribution in [2.75, 3.05) is 19.6 Å². The molecular formula is C21H23N3O3. The molecule has 2 saturated heterocycles. The van der Waals surface area contributed by atoms with Crippen molar-refractivity contribution in [1.82, 2.24) is 15.1 Å². The summed E-state index contributed by atoms with van der Waals surface area (Å²) < 4.78 is 0. The van der Waals surface area contributed by atoms with Crippen molar-refractivity contribution in [3.8, 4) is 0 Å². The van der Waals surface area contributed by atoms with Gasteiger partial charge in [0.25, 0.3) is 5.91 Å². The summed E-state index contributed by atoms with van der Waals surface area (Å²) in [5.74, 6) is -0.547. The van der Waals surface area contributed by atoms with Crippen LogP contribution in [0.25, 0.3) is 10.8 Å². The third-order valence-corrected chi connectivity index (χ3v) is 5.61. The fraction of sp³-hybridized carbons (Fsp3) is 0.381. The van der Waals surface area contributed by atoms with Crippen molar-refractivity contribution in [3.63, 3.8) is 0 Å². The maximum atomic E-state index is 13.2. The highest BCUT2D eigenvalue weighted by atomic mass is 16.2. The highest BCUT2D eigenvalue weighted by Gasteiger charge is 2.50. The molecule has 0 saturated carbocycles. The number of piperidine rings is 1. The molecule has 0 bridgehead atoms. The molecule has 4 rings (SSSR count). The predicted molar refractivity (Wildman–Crippen MR) is 102 cm³/mol. The first-order chi connectivity index (χ1) is 13.0. The number of nitrogens with zero attached hydrogens (tertiary/aromatic N) is 2. The van der Waals surface area contributed by atoms with E-state index in [9.17, 15) is 14.4 Å². The molecule has 0 aliphatic carbocycles. The molecule has 2 aromatic carbocycles. The minimum Gasteiger partial charge on any atom is -0.341 e. The summed E-state index contributed by atoms with van der Waals surface area (Å²) in [4.78, 5) is 41.1. The van der Waals surface area contributed by atoms with Gasteiger partial charge in [0.1, 0.15) is 12.1 Å². The van der Waals surface area contributed by atoms with Gasteiger partial charge in [0.2, 0.25) is 5.91 Å². The summed E-state index contributed by atoms with van der Waals surface area (Å²) >= 11 is 0. The van der Waals surface area contributed by atoms with E-state index in [1.54, 1.807) is 11.8 Å². The standard InChI is InChI=1S/C21H23N3O3/c1-21(17-11-7-9-15-8-3-4-10-16(15)17)19(26)24(20(27)22-21)14-18(25)23-12-5-2-6-13-23/h3-4,7-11H,2,5-6,12-14H2,1H3,(H,22,27)/t21-/m0/s1. The first kappa shape index (κ1) is 17.5. The van der Waals surface area contributed by atoms with Crippen molar-refractivity contribution >= 4 is 28.6 Å². The van der Waals surface area contributed by atoms with E-state index in [0.29, 0.717) is 13.1 Å². The topological polar surface area (TPSA) is 69.7 Å². The Kier molecular flexibility index (Phi) is 4.34. The molecule has 2 aliphatic rings. The van der Waals surface area contributed by atoms with Crippen LogP contribution >= 0.6 is 0 Å². The number of fused-ring (bicyclic) bond motifs is 1. The smallest absolute Gasteiger partial charge is 0.325 e. The first-order valence-electron chi connectivity index (χ1n) is 9.41. The third kappa shape index (κ3) is 2.95. The molecule has 2 aromatic rings. The lowest BCUT2D eigenvalue weighted by atomic mass is 9.88. The van der Waals surface area contributed by atoms with E-state index in [1.807, 2.05) is 42.5 Å². The number of imide groups is 1. The molecule has 0 spiro atoms. The van der Waals surface area contributed by atoms with Crippen LogP contribution in [0.3, 0.4) is 0 Å². The molecule has 2 aliphatic heterocycles. The van der Waals surface area contributed by atoms with Crippen LogP contribution in [-0.2, 0) is 15.1 Å². The monoisotopic (exact) mass is 365 g/mol. The number of carbonyl (C=O) groups excluding carboxylic acids is 3. The van der Waals surface area contributed by atoms with Crippen molar-refractivity contribution in [2.45, 2.75) is 31.7 Å². The number of carbonyl (C=O) groups is 3. The van der Waals surface area contributed by atoms with Gasteiger partial charge in [-0.2, -0.15) is 0 Å². The molecule has 2 fully saturated rings. The minimum absolute atomic E-state index is 0.166. The van der Waals surface area contributed by atoms with Gasteiger partial charge in [0, 0.05) is 13.1 Å². The summed E-state index contributed by atoms with van der Waals surface area (Å²) in [5, 5.41) is 4.73. The average molecular weight is 365 g/mol. The van der Waals surface area contributed by atoms with Gasteiger partial charge in [-0.3, -0.25) is 14.5 Å². The quantitative estimate of drug-likeness (QED) is 0.850. The van der Waals surface area contributed by atoms with Crippen LogP contribution < -0.4 is 5.32 Å². The van der Waals surface area contributed by atoms with Gasteiger partial charge < -0.3 is 10.2 Å². The molecule has 4 amide bonds. The van der Waals surface area contributed by atoms with E-state index >= 15 is 0 Å². The van der Waals surface area contributed by atoms with Gasteiger partial charge in [0.05, 0.1) is 0 Å². The van der Waals surface area contributed by atoms with Crippen LogP contribution in [0, 0.1) is 0 Å². The van der Waals surface area contributed by atoms with Crippen molar-refractivity contribution in [2.24, 2.45) is 0 Å². The number of urea groups is 1. The fourth-order valence-electron chi connectivity index (χ4n) is 4.06. The van der Waals surface area contributed by atoms with Crippen molar-refractivity contribution < 1.29 is 14.4 Å². The van der Waals surface area contributed by atoms with Crippen LogP contribution in [0.4, 0.5) is 4.79 Å². The highest BCUT2D eigenvalue weighted by molar-refractivity contribution is 6.10. The first-order valence-corrected chi connectivity index (χ1v) is 9.41. The van der Waals surface area contributed by atoms with Crippen molar-refractivity contribution in [3.05, 3.63) is 48.0 Å². The number of likely N-dealkylation sites (tertiary alicyclic amines) is 1. The number of hydrogen-bond donors (Lipinski definition) is 1. The van der Waals surface area contributed by atoms with Crippen LogP contribution in [0.15, 0.2) is 42.5 Å².